The number of alkyl halides is 3. The predicted octanol–water partition coefficient (Wildman–Crippen LogP) is 5.72. The van der Waals surface area contributed by atoms with Gasteiger partial charge < -0.3 is 21.5 Å². The molecule has 0 fully saturated rings. The Hall–Kier alpha value is -4.54. The fourth-order valence-electron chi connectivity index (χ4n) is 3.78. The van der Waals surface area contributed by atoms with Gasteiger partial charge in [-0.2, -0.15) is 18.3 Å². The van der Waals surface area contributed by atoms with Crippen molar-refractivity contribution in [3.05, 3.63) is 83.6 Å². The first-order valence-electron chi connectivity index (χ1n) is 11.7. The topological polar surface area (TPSA) is 121 Å². The summed E-state index contributed by atoms with van der Waals surface area (Å²) in [5.41, 5.74) is 12.1. The number of primary amides is 1. The third-order valence-electron chi connectivity index (χ3n) is 5.58. The largest absolute Gasteiger partial charge is 0.487 e. The van der Waals surface area contributed by atoms with E-state index in [-0.39, 0.29) is 29.5 Å². The zero-order valence-electron chi connectivity index (χ0n) is 21.0. The van der Waals surface area contributed by atoms with E-state index >= 15 is 0 Å². The number of ether oxygens (including phenoxy) is 1. The van der Waals surface area contributed by atoms with Crippen LogP contribution in [0.25, 0.3) is 11.3 Å². The average molecular weight is 525 g/mol. The minimum atomic E-state index is -4.64. The van der Waals surface area contributed by atoms with Crippen LogP contribution in [0.2, 0.25) is 0 Å². The van der Waals surface area contributed by atoms with Crippen molar-refractivity contribution in [2.24, 2.45) is 5.73 Å². The Morgan fingerprint density at radius 1 is 1.03 bits per heavy atom. The second kappa shape index (κ2) is 10.1. The quantitative estimate of drug-likeness (QED) is 0.266. The van der Waals surface area contributed by atoms with Crippen LogP contribution in [0.15, 0.2) is 66.7 Å². The number of nitrogens with zero attached hydrogens (tertiary/aromatic N) is 3. The SMILES string of the molecule is CC(C)(C)n1nc(-c2ccc(N)c(OCc3ccccc3)c2)c(C(N)=O)c1Nc1cccc(C(F)(F)F)n1. The Bertz CT molecular complexity index is 1460. The summed E-state index contributed by atoms with van der Waals surface area (Å²) >= 11 is 0. The normalized spacial score (nSPS) is 11.8. The van der Waals surface area contributed by atoms with E-state index in [1.807, 2.05) is 51.1 Å². The van der Waals surface area contributed by atoms with Gasteiger partial charge in [0.25, 0.3) is 5.91 Å². The smallest absolute Gasteiger partial charge is 0.433 e. The molecule has 1 amide bonds. The molecule has 0 unspecified atom stereocenters. The van der Waals surface area contributed by atoms with Gasteiger partial charge in [0.2, 0.25) is 0 Å². The fraction of sp³-hybridized carbons (Fsp3) is 0.222. The van der Waals surface area contributed by atoms with Gasteiger partial charge in [-0.3, -0.25) is 4.79 Å². The molecule has 0 aliphatic rings. The first-order chi connectivity index (χ1) is 17.8. The molecule has 4 aromatic rings. The summed E-state index contributed by atoms with van der Waals surface area (Å²) in [6.45, 7) is 5.76. The van der Waals surface area contributed by atoms with Gasteiger partial charge in [0.1, 0.15) is 40.9 Å². The number of carbonyl (C=O) groups excluding carboxylic acids is 1. The Labute approximate surface area is 217 Å². The average Bonchev–Trinajstić information content (AvgIpc) is 3.24. The van der Waals surface area contributed by atoms with Crippen molar-refractivity contribution in [2.75, 3.05) is 11.1 Å². The highest BCUT2D eigenvalue weighted by Crippen LogP contribution is 2.37. The van der Waals surface area contributed by atoms with E-state index in [4.69, 9.17) is 16.2 Å². The molecular formula is C27H27F3N6O2. The standard InChI is InChI=1S/C27H27F3N6O2/c1-26(2,3)36-25(34-21-11-7-10-20(33-21)27(28,29)30)22(24(32)37)23(35-36)17-12-13-18(31)19(14-17)38-15-16-8-5-4-6-9-16/h4-14H,15,31H2,1-3H3,(H2,32,37)(H,33,34). The second-order valence-electron chi connectivity index (χ2n) is 9.58. The van der Waals surface area contributed by atoms with Gasteiger partial charge in [0.05, 0.1) is 11.2 Å². The van der Waals surface area contributed by atoms with Gasteiger partial charge in [-0.05, 0) is 50.6 Å². The molecule has 11 heteroatoms. The van der Waals surface area contributed by atoms with Gasteiger partial charge >= 0.3 is 6.18 Å². The molecule has 198 valence electrons. The number of amides is 1. The zero-order valence-corrected chi connectivity index (χ0v) is 21.0. The lowest BCUT2D eigenvalue weighted by Gasteiger charge is -2.23. The Morgan fingerprint density at radius 2 is 1.74 bits per heavy atom. The number of aromatic nitrogens is 3. The number of pyridine rings is 1. The molecule has 0 saturated carbocycles. The van der Waals surface area contributed by atoms with Crippen molar-refractivity contribution in [1.29, 1.82) is 0 Å². The maximum atomic E-state index is 13.2. The number of carbonyl (C=O) groups is 1. The van der Waals surface area contributed by atoms with Crippen LogP contribution >= 0.6 is 0 Å². The van der Waals surface area contributed by atoms with E-state index in [0.29, 0.717) is 17.0 Å². The highest BCUT2D eigenvalue weighted by molar-refractivity contribution is 6.04. The van der Waals surface area contributed by atoms with Crippen molar-refractivity contribution >= 4 is 23.2 Å². The highest BCUT2D eigenvalue weighted by atomic mass is 19.4. The summed E-state index contributed by atoms with van der Waals surface area (Å²) in [4.78, 5) is 16.4. The number of benzene rings is 2. The van der Waals surface area contributed by atoms with Gasteiger partial charge in [0, 0.05) is 5.56 Å². The maximum absolute atomic E-state index is 13.2. The van der Waals surface area contributed by atoms with Gasteiger partial charge in [-0.15, -0.1) is 0 Å². The first kappa shape index (κ1) is 26.5. The number of halogens is 3. The number of nitrogen functional groups attached to an aromatic ring is 1. The molecule has 2 aromatic heterocycles. The monoisotopic (exact) mass is 524 g/mol. The first-order valence-corrected chi connectivity index (χ1v) is 11.7. The van der Waals surface area contributed by atoms with E-state index in [2.05, 4.69) is 15.4 Å². The number of nitrogens with one attached hydrogen (secondary N) is 1. The molecule has 8 nitrogen and oxygen atoms in total. The molecular weight excluding hydrogens is 497 g/mol. The number of rotatable bonds is 7. The van der Waals surface area contributed by atoms with Crippen LogP contribution in [-0.2, 0) is 18.3 Å². The van der Waals surface area contributed by atoms with Crippen molar-refractivity contribution in [3.8, 4) is 17.0 Å². The molecule has 0 bridgehead atoms. The van der Waals surface area contributed by atoms with Gasteiger partial charge in [-0.1, -0.05) is 42.5 Å². The number of nitrogens with two attached hydrogens (primary N) is 2. The predicted molar refractivity (Wildman–Crippen MR) is 139 cm³/mol. The van der Waals surface area contributed by atoms with Crippen LogP contribution in [0.1, 0.15) is 42.4 Å². The fourth-order valence-corrected chi connectivity index (χ4v) is 3.78. The van der Waals surface area contributed by atoms with E-state index in [0.717, 1.165) is 11.6 Å². The summed E-state index contributed by atoms with van der Waals surface area (Å²) in [5, 5.41) is 7.47. The maximum Gasteiger partial charge on any atom is 0.433 e. The van der Waals surface area contributed by atoms with Crippen LogP contribution in [-0.4, -0.2) is 20.7 Å². The molecule has 38 heavy (non-hydrogen) atoms. The van der Waals surface area contributed by atoms with Crippen LogP contribution in [0.5, 0.6) is 5.75 Å². The van der Waals surface area contributed by atoms with Crippen molar-refractivity contribution in [2.45, 2.75) is 39.1 Å². The minimum absolute atomic E-state index is 0.0158. The Morgan fingerprint density at radius 3 is 2.37 bits per heavy atom. The summed E-state index contributed by atoms with van der Waals surface area (Å²) in [6.07, 6.45) is -4.64. The summed E-state index contributed by atoms with van der Waals surface area (Å²) in [7, 11) is 0. The lowest BCUT2D eigenvalue weighted by molar-refractivity contribution is -0.141. The molecule has 4 rings (SSSR count). The summed E-state index contributed by atoms with van der Waals surface area (Å²) in [5.74, 6) is -0.464. The molecule has 0 atom stereocenters. The van der Waals surface area contributed by atoms with Crippen LogP contribution in [0.3, 0.4) is 0 Å². The van der Waals surface area contributed by atoms with E-state index < -0.39 is 23.3 Å². The van der Waals surface area contributed by atoms with E-state index in [1.54, 1.807) is 18.2 Å². The van der Waals surface area contributed by atoms with Crippen molar-refractivity contribution in [3.63, 3.8) is 0 Å². The Balaban J connectivity index is 1.79. The van der Waals surface area contributed by atoms with E-state index in [9.17, 15) is 18.0 Å². The van der Waals surface area contributed by atoms with Crippen LogP contribution < -0.4 is 21.5 Å². The molecule has 0 spiro atoms. The molecule has 0 aliphatic heterocycles. The van der Waals surface area contributed by atoms with Gasteiger partial charge in [0.15, 0.2) is 0 Å². The van der Waals surface area contributed by atoms with E-state index in [1.165, 1.54) is 16.8 Å². The third-order valence-corrected chi connectivity index (χ3v) is 5.58. The second-order valence-corrected chi connectivity index (χ2v) is 9.58. The molecule has 0 radical (unpaired) electrons. The summed E-state index contributed by atoms with van der Waals surface area (Å²) < 4.78 is 47.2. The zero-order chi connectivity index (χ0) is 27.7. The van der Waals surface area contributed by atoms with Gasteiger partial charge in [-0.25, -0.2) is 9.67 Å². The summed E-state index contributed by atoms with van der Waals surface area (Å²) in [6, 6.07) is 17.9. The third kappa shape index (κ3) is 5.72. The van der Waals surface area contributed by atoms with Crippen molar-refractivity contribution in [1.82, 2.24) is 14.8 Å². The highest BCUT2D eigenvalue weighted by Gasteiger charge is 2.33. The molecule has 5 N–H and O–H groups in total. The molecule has 2 aromatic carbocycles. The molecule has 0 aliphatic carbocycles. The van der Waals surface area contributed by atoms with Crippen molar-refractivity contribution < 1.29 is 22.7 Å². The minimum Gasteiger partial charge on any atom is -0.487 e. The Kier molecular flexibility index (Phi) is 7.03. The number of hydrogen-bond acceptors (Lipinski definition) is 6. The van der Waals surface area contributed by atoms with Crippen LogP contribution in [0, 0.1) is 0 Å². The lowest BCUT2D eigenvalue weighted by atomic mass is 10.1. The number of hydrogen-bond donors (Lipinski definition) is 3. The number of anilines is 3. The molecule has 2 heterocycles. The molecule has 0 saturated heterocycles. The van der Waals surface area contributed by atoms with Crippen LogP contribution in [0.4, 0.5) is 30.5 Å². The lowest BCUT2D eigenvalue weighted by Crippen LogP contribution is -2.25.